The summed E-state index contributed by atoms with van der Waals surface area (Å²) in [6.07, 6.45) is 1.29. The highest BCUT2D eigenvalue weighted by Crippen LogP contribution is 2.25. The minimum atomic E-state index is 0.677. The van der Waals surface area contributed by atoms with Crippen LogP contribution in [0.25, 0.3) is 0 Å². The van der Waals surface area contributed by atoms with Crippen molar-refractivity contribution in [2.45, 2.75) is 31.6 Å². The molecule has 1 aliphatic rings. The van der Waals surface area contributed by atoms with Crippen molar-refractivity contribution >= 4 is 11.8 Å². The van der Waals surface area contributed by atoms with E-state index in [1.54, 1.807) is 0 Å². The van der Waals surface area contributed by atoms with Gasteiger partial charge in [0.1, 0.15) is 12.4 Å². The fourth-order valence-corrected chi connectivity index (χ4v) is 3.28. The molecule has 94 valence electrons. The third-order valence-electron chi connectivity index (χ3n) is 2.99. The van der Waals surface area contributed by atoms with Crippen molar-refractivity contribution in [3.63, 3.8) is 0 Å². The summed E-state index contributed by atoms with van der Waals surface area (Å²) in [6, 6.07) is 8.89. The van der Waals surface area contributed by atoms with E-state index in [0.717, 1.165) is 24.2 Å². The molecule has 2 rings (SSSR count). The van der Waals surface area contributed by atoms with Crippen LogP contribution in [0.2, 0.25) is 0 Å². The van der Waals surface area contributed by atoms with Gasteiger partial charge in [0.2, 0.25) is 0 Å². The summed E-state index contributed by atoms with van der Waals surface area (Å²) in [5, 5.41) is 4.36. The third kappa shape index (κ3) is 4.25. The zero-order chi connectivity index (χ0) is 12.1. The molecule has 0 aliphatic carbocycles. The topological polar surface area (TPSA) is 21.3 Å². The molecule has 2 unspecified atom stereocenters. The van der Waals surface area contributed by atoms with E-state index in [-0.39, 0.29) is 0 Å². The number of aryl methyl sites for hydroxylation is 1. The van der Waals surface area contributed by atoms with Crippen LogP contribution in [-0.4, -0.2) is 30.2 Å². The van der Waals surface area contributed by atoms with Crippen LogP contribution in [0.15, 0.2) is 24.3 Å². The van der Waals surface area contributed by atoms with Gasteiger partial charge in [-0.2, -0.15) is 11.8 Å². The highest BCUT2D eigenvalue weighted by Gasteiger charge is 2.20. The van der Waals surface area contributed by atoms with E-state index in [0.29, 0.717) is 6.04 Å². The van der Waals surface area contributed by atoms with Gasteiger partial charge in [0.25, 0.3) is 0 Å². The Kier molecular flexibility index (Phi) is 4.75. The molecule has 1 aromatic rings. The third-order valence-corrected chi connectivity index (χ3v) is 4.35. The van der Waals surface area contributed by atoms with Crippen molar-refractivity contribution < 1.29 is 4.74 Å². The first kappa shape index (κ1) is 12.8. The Labute approximate surface area is 108 Å². The molecule has 0 radical (unpaired) electrons. The Morgan fingerprint density at radius 3 is 3.06 bits per heavy atom. The molecule has 17 heavy (non-hydrogen) atoms. The molecular weight excluding hydrogens is 230 g/mol. The van der Waals surface area contributed by atoms with Gasteiger partial charge in [0.05, 0.1) is 0 Å². The van der Waals surface area contributed by atoms with Crippen LogP contribution < -0.4 is 10.1 Å². The Hall–Kier alpha value is -0.670. The van der Waals surface area contributed by atoms with Gasteiger partial charge in [-0.15, -0.1) is 0 Å². The molecule has 0 spiro atoms. The monoisotopic (exact) mass is 251 g/mol. The lowest BCUT2D eigenvalue weighted by atomic mass is 10.2. The normalized spacial score (nSPS) is 23.9. The van der Waals surface area contributed by atoms with E-state index in [2.05, 4.69) is 43.1 Å². The fraction of sp³-hybridized carbons (Fsp3) is 0.571. The molecule has 3 heteroatoms. The molecule has 1 aromatic carbocycles. The number of benzene rings is 1. The summed E-state index contributed by atoms with van der Waals surface area (Å²) in [5.74, 6) is 2.21. The fourth-order valence-electron chi connectivity index (χ4n) is 2.10. The van der Waals surface area contributed by atoms with Gasteiger partial charge >= 0.3 is 0 Å². The minimum absolute atomic E-state index is 0.677. The highest BCUT2D eigenvalue weighted by molar-refractivity contribution is 8.00. The molecule has 2 atom stereocenters. The average molecular weight is 251 g/mol. The number of rotatable bonds is 5. The summed E-state index contributed by atoms with van der Waals surface area (Å²) in [4.78, 5) is 0. The predicted molar refractivity (Wildman–Crippen MR) is 75.0 cm³/mol. The maximum atomic E-state index is 5.70. The summed E-state index contributed by atoms with van der Waals surface area (Å²) >= 11 is 2.06. The first-order valence-corrected chi connectivity index (χ1v) is 7.33. The largest absolute Gasteiger partial charge is 0.492 e. The number of ether oxygens (including phenoxy) is 1. The van der Waals surface area contributed by atoms with E-state index in [4.69, 9.17) is 4.74 Å². The number of hydrogen-bond acceptors (Lipinski definition) is 3. The molecule has 0 bridgehead atoms. The van der Waals surface area contributed by atoms with Gasteiger partial charge in [-0.3, -0.25) is 0 Å². The van der Waals surface area contributed by atoms with Crippen molar-refractivity contribution in [1.29, 1.82) is 0 Å². The van der Waals surface area contributed by atoms with Crippen LogP contribution in [0, 0.1) is 6.92 Å². The van der Waals surface area contributed by atoms with Crippen molar-refractivity contribution in [3.05, 3.63) is 29.8 Å². The van der Waals surface area contributed by atoms with Crippen LogP contribution in [-0.2, 0) is 0 Å². The zero-order valence-corrected chi connectivity index (χ0v) is 11.4. The van der Waals surface area contributed by atoms with Gasteiger partial charge in [-0.1, -0.05) is 19.1 Å². The van der Waals surface area contributed by atoms with Gasteiger partial charge < -0.3 is 10.1 Å². The molecule has 1 saturated heterocycles. The van der Waals surface area contributed by atoms with Gasteiger partial charge in [0.15, 0.2) is 0 Å². The molecule has 1 N–H and O–H groups in total. The van der Waals surface area contributed by atoms with Crippen molar-refractivity contribution in [1.82, 2.24) is 5.32 Å². The molecule has 2 nitrogen and oxygen atoms in total. The zero-order valence-electron chi connectivity index (χ0n) is 10.6. The number of nitrogens with one attached hydrogen (secondary N) is 1. The summed E-state index contributed by atoms with van der Waals surface area (Å²) in [6.45, 7) is 6.07. The van der Waals surface area contributed by atoms with E-state index in [1.165, 1.54) is 17.7 Å². The van der Waals surface area contributed by atoms with Crippen molar-refractivity contribution in [2.24, 2.45) is 0 Å². The molecule has 0 amide bonds. The SMILES string of the molecule is Cc1cccc(OCCNC2CSC(C)C2)c1. The van der Waals surface area contributed by atoms with Crippen LogP contribution in [0.4, 0.5) is 0 Å². The smallest absolute Gasteiger partial charge is 0.119 e. The van der Waals surface area contributed by atoms with E-state index < -0.39 is 0 Å². The summed E-state index contributed by atoms with van der Waals surface area (Å²) < 4.78 is 5.70. The van der Waals surface area contributed by atoms with E-state index in [1.807, 2.05) is 12.1 Å². The van der Waals surface area contributed by atoms with E-state index >= 15 is 0 Å². The molecular formula is C14H21NOS. The highest BCUT2D eigenvalue weighted by atomic mass is 32.2. The second kappa shape index (κ2) is 6.31. The Balaban J connectivity index is 1.63. The molecule has 1 heterocycles. The molecule has 0 saturated carbocycles. The summed E-state index contributed by atoms with van der Waals surface area (Å²) in [5.41, 5.74) is 1.25. The first-order valence-electron chi connectivity index (χ1n) is 6.28. The average Bonchev–Trinajstić information content (AvgIpc) is 2.71. The lowest BCUT2D eigenvalue weighted by Crippen LogP contribution is -2.32. The summed E-state index contributed by atoms with van der Waals surface area (Å²) in [7, 11) is 0. The van der Waals surface area contributed by atoms with Crippen LogP contribution in [0.3, 0.4) is 0 Å². The van der Waals surface area contributed by atoms with Crippen molar-refractivity contribution in [3.8, 4) is 5.75 Å². The Morgan fingerprint density at radius 1 is 1.47 bits per heavy atom. The molecule has 0 aromatic heterocycles. The quantitative estimate of drug-likeness (QED) is 0.813. The van der Waals surface area contributed by atoms with Crippen LogP contribution in [0.5, 0.6) is 5.75 Å². The number of thioether (sulfide) groups is 1. The second-order valence-corrected chi connectivity index (χ2v) is 6.17. The second-order valence-electron chi connectivity index (χ2n) is 4.70. The van der Waals surface area contributed by atoms with Gasteiger partial charge in [-0.25, -0.2) is 0 Å². The van der Waals surface area contributed by atoms with Gasteiger partial charge in [0, 0.05) is 23.6 Å². The molecule has 1 aliphatic heterocycles. The van der Waals surface area contributed by atoms with Crippen LogP contribution in [0.1, 0.15) is 18.9 Å². The lowest BCUT2D eigenvalue weighted by Gasteiger charge is -2.12. The number of hydrogen-bond donors (Lipinski definition) is 1. The predicted octanol–water partition coefficient (Wildman–Crippen LogP) is 2.86. The van der Waals surface area contributed by atoms with Crippen molar-refractivity contribution in [2.75, 3.05) is 18.9 Å². The Bertz CT molecular complexity index is 356. The van der Waals surface area contributed by atoms with E-state index in [9.17, 15) is 0 Å². The molecule has 1 fully saturated rings. The van der Waals surface area contributed by atoms with Crippen LogP contribution >= 0.6 is 11.8 Å². The standard InChI is InChI=1S/C14H21NOS/c1-11-4-3-5-14(8-11)16-7-6-15-13-9-12(2)17-10-13/h3-5,8,12-13,15H,6-7,9-10H2,1-2H3. The minimum Gasteiger partial charge on any atom is -0.492 e. The first-order chi connectivity index (χ1) is 8.24. The maximum absolute atomic E-state index is 5.70. The lowest BCUT2D eigenvalue weighted by molar-refractivity contribution is 0.306. The maximum Gasteiger partial charge on any atom is 0.119 e. The van der Waals surface area contributed by atoms with Gasteiger partial charge in [-0.05, 0) is 31.0 Å². The Morgan fingerprint density at radius 2 is 2.35 bits per heavy atom.